The SMILES string of the molecule is COc1nccc(C)c1N1CCC(N2C(=O)N(Cc3ccccc3C3CC3)c3nn(C)cc3[C@@H]2C)CC1. The van der Waals surface area contributed by atoms with E-state index in [4.69, 9.17) is 9.84 Å². The van der Waals surface area contributed by atoms with Gasteiger partial charge in [0.15, 0.2) is 5.82 Å². The third-order valence-corrected chi connectivity index (χ3v) is 8.27. The molecule has 1 aromatic carbocycles. The molecule has 4 heterocycles. The minimum atomic E-state index is -0.0164. The molecule has 2 amide bonds. The summed E-state index contributed by atoms with van der Waals surface area (Å²) in [6.07, 6.45) is 8.15. The Bertz CT molecular complexity index is 1310. The highest BCUT2D eigenvalue weighted by Gasteiger charge is 2.42. The summed E-state index contributed by atoms with van der Waals surface area (Å²) in [6.45, 7) is 6.52. The third-order valence-electron chi connectivity index (χ3n) is 8.27. The Balaban J connectivity index is 1.27. The number of carbonyl (C=O) groups is 1. The van der Waals surface area contributed by atoms with Crippen molar-refractivity contribution in [2.45, 2.75) is 64.1 Å². The third kappa shape index (κ3) is 4.22. The fourth-order valence-corrected chi connectivity index (χ4v) is 6.23. The number of aromatic nitrogens is 3. The molecule has 3 aromatic rings. The van der Waals surface area contributed by atoms with Gasteiger partial charge in [0.2, 0.25) is 5.88 Å². The van der Waals surface area contributed by atoms with Crippen LogP contribution in [0.2, 0.25) is 0 Å². The van der Waals surface area contributed by atoms with Gasteiger partial charge in [-0.2, -0.15) is 5.10 Å². The zero-order valence-electron chi connectivity index (χ0n) is 22.2. The van der Waals surface area contributed by atoms with Crippen molar-refractivity contribution in [3.63, 3.8) is 0 Å². The van der Waals surface area contributed by atoms with E-state index in [2.05, 4.69) is 59.1 Å². The Labute approximate surface area is 218 Å². The second-order valence-electron chi connectivity index (χ2n) is 10.7. The van der Waals surface area contributed by atoms with Crippen molar-refractivity contribution in [1.82, 2.24) is 19.7 Å². The van der Waals surface area contributed by atoms with Crippen LogP contribution in [-0.2, 0) is 13.6 Å². The number of carbonyl (C=O) groups excluding carboxylic acids is 1. The summed E-state index contributed by atoms with van der Waals surface area (Å²) in [7, 11) is 3.62. The summed E-state index contributed by atoms with van der Waals surface area (Å²) < 4.78 is 7.41. The lowest BCUT2D eigenvalue weighted by molar-refractivity contribution is 0.136. The first-order valence-electron chi connectivity index (χ1n) is 13.4. The highest BCUT2D eigenvalue weighted by Crippen LogP contribution is 2.44. The number of hydrogen-bond donors (Lipinski definition) is 0. The largest absolute Gasteiger partial charge is 0.480 e. The molecule has 8 nitrogen and oxygen atoms in total. The molecule has 0 bridgehead atoms. The molecule has 2 aromatic heterocycles. The lowest BCUT2D eigenvalue weighted by Gasteiger charge is -2.46. The van der Waals surface area contributed by atoms with Crippen LogP contribution in [0.5, 0.6) is 5.88 Å². The molecule has 8 heteroatoms. The van der Waals surface area contributed by atoms with Gasteiger partial charge in [-0.3, -0.25) is 9.58 Å². The van der Waals surface area contributed by atoms with Gasteiger partial charge in [0.25, 0.3) is 0 Å². The van der Waals surface area contributed by atoms with E-state index in [9.17, 15) is 4.79 Å². The van der Waals surface area contributed by atoms with Gasteiger partial charge < -0.3 is 14.5 Å². The molecule has 2 fully saturated rings. The first-order valence-corrected chi connectivity index (χ1v) is 13.4. The van der Waals surface area contributed by atoms with E-state index >= 15 is 0 Å². The first-order chi connectivity index (χ1) is 18.0. The van der Waals surface area contributed by atoms with Crippen LogP contribution in [0, 0.1) is 6.92 Å². The Morgan fingerprint density at radius 1 is 1.05 bits per heavy atom. The normalized spacial score (nSPS) is 20.4. The number of amides is 2. The standard InChI is InChI=1S/C29H36N6O2/c1-19-11-14-30-28(37-4)26(19)33-15-12-23(13-16-33)35-20(2)25-18-32(3)31-27(25)34(29(35)36)17-22-7-5-6-8-24(22)21-9-10-21/h5-8,11,14,18,20-21,23H,9-10,12-13,15-17H2,1-4H3/t20-/m0/s1. The fraction of sp³-hybridized carbons (Fsp3) is 0.483. The van der Waals surface area contributed by atoms with Crippen molar-refractivity contribution in [1.29, 1.82) is 0 Å². The molecule has 3 aliphatic rings. The van der Waals surface area contributed by atoms with Crippen molar-refractivity contribution in [2.24, 2.45) is 7.05 Å². The molecule has 0 unspecified atom stereocenters. The summed E-state index contributed by atoms with van der Waals surface area (Å²) in [5.74, 6) is 2.10. The molecule has 0 spiro atoms. The van der Waals surface area contributed by atoms with Gasteiger partial charge in [0.1, 0.15) is 5.69 Å². The maximum Gasteiger partial charge on any atom is 0.326 e. The zero-order chi connectivity index (χ0) is 25.7. The van der Waals surface area contributed by atoms with Crippen LogP contribution in [0.25, 0.3) is 0 Å². The highest BCUT2D eigenvalue weighted by atomic mass is 16.5. The molecule has 6 rings (SSSR count). The van der Waals surface area contributed by atoms with Gasteiger partial charge in [0.05, 0.1) is 19.7 Å². The van der Waals surface area contributed by atoms with Gasteiger partial charge in [-0.15, -0.1) is 0 Å². The van der Waals surface area contributed by atoms with Crippen LogP contribution >= 0.6 is 0 Å². The molecule has 2 aliphatic heterocycles. The van der Waals surface area contributed by atoms with E-state index in [1.807, 2.05) is 22.7 Å². The molecule has 37 heavy (non-hydrogen) atoms. The topological polar surface area (TPSA) is 66.7 Å². The van der Waals surface area contributed by atoms with E-state index < -0.39 is 0 Å². The molecule has 0 N–H and O–H groups in total. The summed E-state index contributed by atoms with van der Waals surface area (Å²) in [4.78, 5) is 25.0. The number of urea groups is 1. The minimum Gasteiger partial charge on any atom is -0.480 e. The van der Waals surface area contributed by atoms with Gasteiger partial charge in [-0.05, 0) is 68.2 Å². The Morgan fingerprint density at radius 3 is 2.54 bits per heavy atom. The molecule has 194 valence electrons. The van der Waals surface area contributed by atoms with Crippen LogP contribution in [0.4, 0.5) is 16.3 Å². The number of hydrogen-bond acceptors (Lipinski definition) is 5. The van der Waals surface area contributed by atoms with Gasteiger partial charge in [0, 0.05) is 44.1 Å². The fourth-order valence-electron chi connectivity index (χ4n) is 6.23. The van der Waals surface area contributed by atoms with Crippen LogP contribution < -0.4 is 14.5 Å². The molecular weight excluding hydrogens is 464 g/mol. The summed E-state index contributed by atoms with van der Waals surface area (Å²) in [5.41, 5.74) is 5.96. The van der Waals surface area contributed by atoms with E-state index in [1.165, 1.54) is 24.0 Å². The van der Waals surface area contributed by atoms with Crippen molar-refractivity contribution in [2.75, 3.05) is 30.0 Å². The number of methoxy groups -OCH3 is 1. The average Bonchev–Trinajstić information content (AvgIpc) is 3.68. The highest BCUT2D eigenvalue weighted by molar-refractivity contribution is 5.94. The number of ether oxygens (including phenoxy) is 1. The van der Waals surface area contributed by atoms with E-state index in [0.29, 0.717) is 18.3 Å². The molecule has 1 aliphatic carbocycles. The number of benzene rings is 1. The van der Waals surface area contributed by atoms with Crippen molar-refractivity contribution >= 4 is 17.5 Å². The number of aryl methyl sites for hydroxylation is 2. The van der Waals surface area contributed by atoms with Gasteiger partial charge in [-0.1, -0.05) is 24.3 Å². The van der Waals surface area contributed by atoms with Crippen LogP contribution in [-0.4, -0.2) is 51.9 Å². The lowest BCUT2D eigenvalue weighted by atomic mass is 9.96. The quantitative estimate of drug-likeness (QED) is 0.467. The van der Waals surface area contributed by atoms with Crippen LogP contribution in [0.1, 0.15) is 66.8 Å². The van der Waals surface area contributed by atoms with Gasteiger partial charge >= 0.3 is 6.03 Å². The van der Waals surface area contributed by atoms with Crippen molar-refractivity contribution in [3.05, 3.63) is 65.0 Å². The predicted molar refractivity (Wildman–Crippen MR) is 144 cm³/mol. The van der Waals surface area contributed by atoms with Crippen molar-refractivity contribution in [3.8, 4) is 5.88 Å². The molecule has 1 atom stereocenters. The second-order valence-corrected chi connectivity index (χ2v) is 10.7. The van der Waals surface area contributed by atoms with Gasteiger partial charge in [-0.25, -0.2) is 9.78 Å². The number of piperidine rings is 1. The maximum atomic E-state index is 14.2. The predicted octanol–water partition coefficient (Wildman–Crippen LogP) is 5.18. The van der Waals surface area contributed by atoms with E-state index in [-0.39, 0.29) is 18.1 Å². The van der Waals surface area contributed by atoms with E-state index in [0.717, 1.165) is 48.6 Å². The molecule has 1 saturated heterocycles. The van der Waals surface area contributed by atoms with E-state index in [1.54, 1.807) is 13.3 Å². The first kappa shape index (κ1) is 23.8. The second kappa shape index (κ2) is 9.39. The maximum absolute atomic E-state index is 14.2. The Hall–Kier alpha value is -3.55. The number of anilines is 2. The summed E-state index contributed by atoms with van der Waals surface area (Å²) >= 11 is 0. The number of fused-ring (bicyclic) bond motifs is 1. The molecular formula is C29H36N6O2. The number of pyridine rings is 1. The Morgan fingerprint density at radius 2 is 1.81 bits per heavy atom. The Kier molecular flexibility index (Phi) is 6.05. The molecule has 1 saturated carbocycles. The molecule has 0 radical (unpaired) electrons. The summed E-state index contributed by atoms with van der Waals surface area (Å²) in [5, 5.41) is 4.75. The van der Waals surface area contributed by atoms with Crippen LogP contribution in [0.3, 0.4) is 0 Å². The lowest BCUT2D eigenvalue weighted by Crippen LogP contribution is -2.55. The number of nitrogens with zero attached hydrogens (tertiary/aromatic N) is 6. The monoisotopic (exact) mass is 500 g/mol. The van der Waals surface area contributed by atoms with Crippen LogP contribution in [0.15, 0.2) is 42.7 Å². The smallest absolute Gasteiger partial charge is 0.326 e. The van der Waals surface area contributed by atoms with Crippen molar-refractivity contribution < 1.29 is 9.53 Å². The minimum absolute atomic E-state index is 0.0164. The zero-order valence-corrected chi connectivity index (χ0v) is 22.2. The summed E-state index contributed by atoms with van der Waals surface area (Å²) in [6, 6.07) is 10.8. The average molecular weight is 501 g/mol. The number of rotatable bonds is 6.